The van der Waals surface area contributed by atoms with Crippen molar-refractivity contribution in [2.75, 3.05) is 6.61 Å². The molecule has 2 aromatic carbocycles. The zero-order chi connectivity index (χ0) is 19.2. The van der Waals surface area contributed by atoms with Crippen molar-refractivity contribution < 1.29 is 20.4 Å². The third-order valence-corrected chi connectivity index (χ3v) is 3.38. The molecule has 2 aromatic rings. The quantitative estimate of drug-likeness (QED) is 0.401. The summed E-state index contributed by atoms with van der Waals surface area (Å²) in [7, 11) is 10.1. The van der Waals surface area contributed by atoms with Crippen molar-refractivity contribution in [1.29, 1.82) is 0 Å². The van der Waals surface area contributed by atoms with Gasteiger partial charge < -0.3 is 18.3 Å². The van der Waals surface area contributed by atoms with Gasteiger partial charge in [0, 0.05) is 15.4 Å². The van der Waals surface area contributed by atoms with Gasteiger partial charge in [0.1, 0.15) is 0 Å². The number of nitrogens with one attached hydrogen (secondary N) is 1. The van der Waals surface area contributed by atoms with E-state index in [4.69, 9.17) is 29.5 Å². The normalized spacial score (nSPS) is 9.52. The fourth-order valence-electron chi connectivity index (χ4n) is 1.29. The zero-order valence-corrected chi connectivity index (χ0v) is 20.4. The van der Waals surface area contributed by atoms with Crippen LogP contribution in [0.2, 0.25) is 19.1 Å². The van der Waals surface area contributed by atoms with Crippen LogP contribution in [-0.2, 0) is 15.3 Å². The number of hydrogen-bond donors (Lipinski definition) is 1. The molecule has 2 N–H and O–H groups in total. The number of hydrogen-bond acceptors (Lipinski definition) is 1. The standard InChI is InChI=1S/C9H7.C4H10N.C4H11OSi.CH3.CH2.2ClH.Ti/c1-2-5-9-7-3-6-8(9)4-1;1-4(2,3)5;1-6(2)4-3-5;;;;;/h1-7H;5H,1-3H3;5H,3-4H2,1-2H3;1H3;1H2;2*1H;/q2*-1;;-1;;;;+2/p-2. The molecule has 0 spiro atoms. The average molecular weight is 438 g/mol. The Morgan fingerprint density at radius 3 is 1.96 bits per heavy atom. The molecule has 0 unspecified atom stereocenters. The van der Waals surface area contributed by atoms with Crippen molar-refractivity contribution in [1.82, 2.24) is 0 Å². The molecule has 145 valence electrons. The summed E-state index contributed by atoms with van der Waals surface area (Å²) < 4.78 is 0. The summed E-state index contributed by atoms with van der Waals surface area (Å²) in [6.45, 7) is 10.3. The van der Waals surface area contributed by atoms with Gasteiger partial charge in [-0.3, -0.25) is 0 Å². The monoisotopic (exact) mass is 437 g/mol. The molecule has 2 nitrogen and oxygen atoms in total. The maximum Gasteiger partial charge on any atom is -0.0809 e. The topological polar surface area (TPSA) is 44.0 Å². The van der Waals surface area contributed by atoms with E-state index in [9.17, 15) is 0 Å². The summed E-state index contributed by atoms with van der Waals surface area (Å²) in [6, 6.07) is 15.7. The maximum atomic E-state index is 8.26. The van der Waals surface area contributed by atoms with Crippen molar-refractivity contribution in [2.45, 2.75) is 45.4 Å². The second kappa shape index (κ2) is 17.5. The van der Waals surface area contributed by atoms with E-state index >= 15 is 0 Å². The van der Waals surface area contributed by atoms with Gasteiger partial charge in [-0.2, -0.15) is 17.5 Å². The first kappa shape index (κ1) is 29.9. The van der Waals surface area contributed by atoms with Crippen molar-refractivity contribution >= 4 is 43.0 Å². The van der Waals surface area contributed by atoms with E-state index in [1.54, 1.807) is 0 Å². The van der Waals surface area contributed by atoms with Crippen molar-refractivity contribution in [3.05, 3.63) is 55.6 Å². The second-order valence-corrected chi connectivity index (χ2v) is 15.0. The van der Waals surface area contributed by atoms with Gasteiger partial charge in [-0.1, -0.05) is 39.9 Å². The third-order valence-electron chi connectivity index (χ3n) is 2.16. The molecule has 0 aliphatic carbocycles. The molecule has 0 aromatic heterocycles. The molecule has 0 saturated heterocycles. The summed E-state index contributed by atoms with van der Waals surface area (Å²) in [6.07, 6.45) is 0. The smallest absolute Gasteiger partial charge is 0.0809 e. The van der Waals surface area contributed by atoms with Crippen LogP contribution in [0.15, 0.2) is 42.5 Å². The van der Waals surface area contributed by atoms with Crippen LogP contribution in [0.4, 0.5) is 0 Å². The minimum Gasteiger partial charge on any atom is -0.358 e. The molecule has 0 fully saturated rings. The molecule has 1 radical (unpaired) electrons. The third kappa shape index (κ3) is 29.2. The predicted octanol–water partition coefficient (Wildman–Crippen LogP) is 6.92. The average Bonchev–Trinajstić information content (AvgIpc) is 2.84. The minimum atomic E-state index is -1.64. The van der Waals surface area contributed by atoms with Gasteiger partial charge in [0.25, 0.3) is 0 Å². The van der Waals surface area contributed by atoms with Crippen LogP contribution in [0.3, 0.4) is 0 Å². The van der Waals surface area contributed by atoms with Gasteiger partial charge in [-0.15, -0.1) is 35.2 Å². The molecule has 0 bridgehead atoms. The first-order chi connectivity index (χ1) is 11.0. The Kier molecular flexibility index (Phi) is 21.0. The van der Waals surface area contributed by atoms with Crippen molar-refractivity contribution in [2.24, 2.45) is 0 Å². The molecular weight excluding hydrogens is 405 g/mol. The van der Waals surface area contributed by atoms with Gasteiger partial charge in [0.15, 0.2) is 0 Å². The fraction of sp³-hybridized carbons (Fsp3) is 0.421. The number of rotatable bonds is 2. The van der Waals surface area contributed by atoms with Crippen LogP contribution in [0, 0.1) is 7.43 Å². The largest absolute Gasteiger partial charge is 0.358 e. The number of aliphatic hydroxyl groups is 1. The Hall–Kier alpha value is 0.131. The van der Waals surface area contributed by atoms with Gasteiger partial charge in [-0.25, -0.2) is 0 Å². The molecule has 0 aliphatic rings. The van der Waals surface area contributed by atoms with Crippen LogP contribution in [0.5, 0.6) is 0 Å². The van der Waals surface area contributed by atoms with Crippen molar-refractivity contribution in [3.63, 3.8) is 0 Å². The van der Waals surface area contributed by atoms with Crippen LogP contribution < -0.4 is 0 Å². The summed E-state index contributed by atoms with van der Waals surface area (Å²) in [4.78, 5) is 3.34. The fourth-order valence-corrected chi connectivity index (χ4v) is 1.74. The minimum absolute atomic E-state index is 0. The second-order valence-electron chi connectivity index (χ2n) is 6.42. The Labute approximate surface area is 170 Å². The van der Waals surface area contributed by atoms with E-state index in [-0.39, 0.29) is 21.8 Å². The summed E-state index contributed by atoms with van der Waals surface area (Å²) in [5, 5.41) is 10.9. The summed E-state index contributed by atoms with van der Waals surface area (Å²) in [5.41, 5.74) is 6.69. The maximum absolute atomic E-state index is 8.26. The Morgan fingerprint density at radius 2 is 1.64 bits per heavy atom. The summed E-state index contributed by atoms with van der Waals surface area (Å²) in [5.74, 6) is 0. The molecule has 6 heteroatoms. The number of halogens is 2. The van der Waals surface area contributed by atoms with Gasteiger partial charge >= 0.3 is 38.7 Å². The van der Waals surface area contributed by atoms with Crippen molar-refractivity contribution in [3.8, 4) is 0 Å². The molecule has 0 aliphatic heterocycles. The van der Waals surface area contributed by atoms with E-state index in [1.165, 1.54) is 10.8 Å². The van der Waals surface area contributed by atoms with Gasteiger partial charge in [-0.05, 0) is 6.04 Å². The van der Waals surface area contributed by atoms with Crippen LogP contribution in [-0.4, -0.2) is 30.9 Å². The first-order valence-electron chi connectivity index (χ1n) is 7.72. The summed E-state index contributed by atoms with van der Waals surface area (Å²) >= 11 is -1.64. The van der Waals surface area contributed by atoms with Crippen LogP contribution in [0.25, 0.3) is 16.5 Å². The van der Waals surface area contributed by atoms with E-state index in [0.717, 1.165) is 6.04 Å². The van der Waals surface area contributed by atoms with E-state index < -0.39 is 15.3 Å². The SMILES string of the molecule is CC(C)(C)[NH-].C[Si](C)CCO.[CH2]=[Ti]([Cl])[Cl].[CH3-].c1ccc2[cH-]ccc2c1. The first-order valence-corrected chi connectivity index (χ1v) is 15.8. The Balaban J connectivity index is -0.000000271. The number of benzene rings is 1. The van der Waals surface area contributed by atoms with Gasteiger partial charge in [0.2, 0.25) is 0 Å². The van der Waals surface area contributed by atoms with Crippen LogP contribution >= 0.6 is 18.6 Å². The Morgan fingerprint density at radius 1 is 1.20 bits per heavy atom. The molecule has 0 amide bonds. The van der Waals surface area contributed by atoms with E-state index in [2.05, 4.69) is 60.4 Å². The molecule has 0 atom stereocenters. The number of aliphatic hydroxyl groups excluding tert-OH is 1. The van der Waals surface area contributed by atoms with E-state index in [0.29, 0.717) is 6.61 Å². The van der Waals surface area contributed by atoms with E-state index in [1.807, 2.05) is 20.8 Å². The molecule has 2 rings (SSSR count). The van der Waals surface area contributed by atoms with Gasteiger partial charge in [0.05, 0.1) is 0 Å². The number of fused-ring (bicyclic) bond motifs is 1. The predicted molar refractivity (Wildman–Crippen MR) is 118 cm³/mol. The zero-order valence-electron chi connectivity index (χ0n) is 16.4. The van der Waals surface area contributed by atoms with Crippen LogP contribution in [0.1, 0.15) is 20.8 Å². The molecule has 0 saturated carbocycles. The molecule has 25 heavy (non-hydrogen) atoms. The molecule has 0 heterocycles. The Bertz CT molecular complexity index is 513. The molecular formula is C19H33Cl2NOSiTi-3.